The van der Waals surface area contributed by atoms with E-state index in [9.17, 15) is 10.1 Å². The first-order valence-electron chi connectivity index (χ1n) is 6.36. The van der Waals surface area contributed by atoms with Crippen molar-refractivity contribution in [3.8, 4) is 0 Å². The molecule has 0 atom stereocenters. The molecule has 110 valence electrons. The minimum absolute atomic E-state index is 0.0272. The molecule has 0 spiro atoms. The standard InChI is InChI=1S/C14H15ClN4O2/c1-14(2,10-6-4-3-5-7-10)9-17-12-11(19(20)21)8-16-13(15)18-12/h3-8H,9H2,1-2H3,(H,16,17,18). The summed E-state index contributed by atoms with van der Waals surface area (Å²) >= 11 is 5.70. The summed E-state index contributed by atoms with van der Waals surface area (Å²) in [6, 6.07) is 9.90. The third-order valence-corrected chi connectivity index (χ3v) is 3.37. The van der Waals surface area contributed by atoms with Gasteiger partial charge in [0.2, 0.25) is 11.1 Å². The van der Waals surface area contributed by atoms with Gasteiger partial charge in [0.15, 0.2) is 0 Å². The predicted octanol–water partition coefficient (Wildman–Crippen LogP) is 3.43. The highest BCUT2D eigenvalue weighted by Gasteiger charge is 2.23. The number of benzene rings is 1. The van der Waals surface area contributed by atoms with Crippen LogP contribution in [0.4, 0.5) is 11.5 Å². The third kappa shape index (κ3) is 3.66. The SMILES string of the molecule is CC(C)(CNc1nc(Cl)ncc1[N+](=O)[O-])c1ccccc1. The lowest BCUT2D eigenvalue weighted by atomic mass is 9.84. The number of nitrogens with one attached hydrogen (secondary N) is 1. The molecule has 2 aromatic rings. The van der Waals surface area contributed by atoms with E-state index in [0.29, 0.717) is 6.54 Å². The molecule has 0 amide bonds. The van der Waals surface area contributed by atoms with Crippen LogP contribution in [0.25, 0.3) is 0 Å². The summed E-state index contributed by atoms with van der Waals surface area (Å²) in [6.07, 6.45) is 1.10. The molecule has 1 N–H and O–H groups in total. The smallest absolute Gasteiger partial charge is 0.329 e. The van der Waals surface area contributed by atoms with Gasteiger partial charge in [-0.3, -0.25) is 10.1 Å². The molecule has 1 aromatic carbocycles. The molecule has 1 heterocycles. The number of hydrogen-bond donors (Lipinski definition) is 1. The van der Waals surface area contributed by atoms with E-state index >= 15 is 0 Å². The van der Waals surface area contributed by atoms with Crippen LogP contribution in [0.2, 0.25) is 5.28 Å². The Labute approximate surface area is 127 Å². The highest BCUT2D eigenvalue weighted by atomic mass is 35.5. The van der Waals surface area contributed by atoms with Gasteiger partial charge in [0.25, 0.3) is 0 Å². The summed E-state index contributed by atoms with van der Waals surface area (Å²) in [5, 5.41) is 13.9. The average molecular weight is 307 g/mol. The lowest BCUT2D eigenvalue weighted by Crippen LogP contribution is -2.28. The summed E-state index contributed by atoms with van der Waals surface area (Å²) < 4.78 is 0. The first-order valence-corrected chi connectivity index (χ1v) is 6.74. The van der Waals surface area contributed by atoms with Crippen molar-refractivity contribution in [1.82, 2.24) is 9.97 Å². The van der Waals surface area contributed by atoms with Crippen LogP contribution in [0.5, 0.6) is 0 Å². The molecule has 21 heavy (non-hydrogen) atoms. The van der Waals surface area contributed by atoms with Crippen molar-refractivity contribution in [1.29, 1.82) is 0 Å². The molecule has 1 aromatic heterocycles. The Kier molecular flexibility index (Phi) is 4.37. The molecule has 0 bridgehead atoms. The number of hydrogen-bond acceptors (Lipinski definition) is 5. The minimum Gasteiger partial charge on any atom is -0.363 e. The van der Waals surface area contributed by atoms with Crippen LogP contribution in [0, 0.1) is 10.1 Å². The Morgan fingerprint density at radius 3 is 2.62 bits per heavy atom. The molecule has 0 aliphatic carbocycles. The second kappa shape index (κ2) is 6.05. The molecule has 0 aliphatic rings. The van der Waals surface area contributed by atoms with Crippen LogP contribution in [-0.4, -0.2) is 21.4 Å². The molecule has 7 heteroatoms. The van der Waals surface area contributed by atoms with Gasteiger partial charge in [0.1, 0.15) is 6.20 Å². The van der Waals surface area contributed by atoms with Crippen molar-refractivity contribution < 1.29 is 4.92 Å². The van der Waals surface area contributed by atoms with E-state index in [1.54, 1.807) is 0 Å². The Hall–Kier alpha value is -2.21. The fourth-order valence-corrected chi connectivity index (χ4v) is 2.05. The Bertz CT molecular complexity index is 647. The fraction of sp³-hybridized carbons (Fsp3) is 0.286. The van der Waals surface area contributed by atoms with Gasteiger partial charge >= 0.3 is 5.69 Å². The second-order valence-electron chi connectivity index (χ2n) is 5.23. The zero-order valence-electron chi connectivity index (χ0n) is 11.7. The van der Waals surface area contributed by atoms with Gasteiger partial charge < -0.3 is 5.32 Å². The largest absolute Gasteiger partial charge is 0.363 e. The maximum absolute atomic E-state index is 11.0. The van der Waals surface area contributed by atoms with Crippen molar-refractivity contribution in [2.24, 2.45) is 0 Å². The van der Waals surface area contributed by atoms with Gasteiger partial charge in [-0.1, -0.05) is 44.2 Å². The van der Waals surface area contributed by atoms with Gasteiger partial charge in [-0.15, -0.1) is 0 Å². The zero-order valence-corrected chi connectivity index (χ0v) is 12.5. The van der Waals surface area contributed by atoms with E-state index in [-0.39, 0.29) is 22.2 Å². The van der Waals surface area contributed by atoms with Crippen LogP contribution in [0.3, 0.4) is 0 Å². The topological polar surface area (TPSA) is 81.0 Å². The molecule has 0 aliphatic heterocycles. The van der Waals surface area contributed by atoms with Crippen molar-refractivity contribution in [2.45, 2.75) is 19.3 Å². The molecule has 0 saturated heterocycles. The van der Waals surface area contributed by atoms with Crippen molar-refractivity contribution in [3.05, 3.63) is 57.5 Å². The summed E-state index contributed by atoms with van der Waals surface area (Å²) in [5.41, 5.74) is 0.718. The highest BCUT2D eigenvalue weighted by Crippen LogP contribution is 2.26. The van der Waals surface area contributed by atoms with Gasteiger partial charge in [0.05, 0.1) is 4.92 Å². The highest BCUT2D eigenvalue weighted by molar-refractivity contribution is 6.28. The van der Waals surface area contributed by atoms with Crippen molar-refractivity contribution in [3.63, 3.8) is 0 Å². The van der Waals surface area contributed by atoms with E-state index in [1.165, 1.54) is 0 Å². The number of anilines is 1. The molecule has 0 fully saturated rings. The molecule has 0 unspecified atom stereocenters. The van der Waals surface area contributed by atoms with Crippen LogP contribution in [0.1, 0.15) is 19.4 Å². The van der Waals surface area contributed by atoms with E-state index in [4.69, 9.17) is 11.6 Å². The zero-order chi connectivity index (χ0) is 15.5. The van der Waals surface area contributed by atoms with E-state index in [0.717, 1.165) is 11.8 Å². The van der Waals surface area contributed by atoms with Gasteiger partial charge in [-0.05, 0) is 17.2 Å². The summed E-state index contributed by atoms with van der Waals surface area (Å²) in [4.78, 5) is 18.0. The van der Waals surface area contributed by atoms with Crippen LogP contribution < -0.4 is 5.32 Å². The molecule has 0 radical (unpaired) electrons. The number of nitro groups is 1. The lowest BCUT2D eigenvalue weighted by molar-refractivity contribution is -0.384. The summed E-state index contributed by atoms with van der Waals surface area (Å²) in [7, 11) is 0. The number of aromatic nitrogens is 2. The maximum atomic E-state index is 11.0. The molecular formula is C14H15ClN4O2. The predicted molar refractivity (Wildman–Crippen MR) is 81.7 cm³/mol. The van der Waals surface area contributed by atoms with Crippen molar-refractivity contribution >= 4 is 23.1 Å². The van der Waals surface area contributed by atoms with Gasteiger partial charge in [0, 0.05) is 12.0 Å². The first kappa shape index (κ1) is 15.2. The first-order chi connectivity index (χ1) is 9.90. The van der Waals surface area contributed by atoms with Gasteiger partial charge in [-0.25, -0.2) is 4.98 Å². The Morgan fingerprint density at radius 2 is 2.00 bits per heavy atom. The number of halogens is 1. The monoisotopic (exact) mass is 306 g/mol. The average Bonchev–Trinajstić information content (AvgIpc) is 2.46. The van der Waals surface area contributed by atoms with Crippen LogP contribution in [-0.2, 0) is 5.41 Å². The van der Waals surface area contributed by atoms with Gasteiger partial charge in [-0.2, -0.15) is 4.98 Å². The number of nitrogens with zero attached hydrogens (tertiary/aromatic N) is 3. The van der Waals surface area contributed by atoms with E-state index in [1.807, 2.05) is 44.2 Å². The van der Waals surface area contributed by atoms with Crippen LogP contribution >= 0.6 is 11.6 Å². The molecule has 6 nitrogen and oxygen atoms in total. The second-order valence-corrected chi connectivity index (χ2v) is 5.57. The quantitative estimate of drug-likeness (QED) is 0.520. The lowest BCUT2D eigenvalue weighted by Gasteiger charge is -2.25. The fourth-order valence-electron chi connectivity index (χ4n) is 1.91. The normalized spacial score (nSPS) is 11.2. The minimum atomic E-state index is -0.534. The number of rotatable bonds is 5. The summed E-state index contributed by atoms with van der Waals surface area (Å²) in [5.74, 6) is 0.129. The summed E-state index contributed by atoms with van der Waals surface area (Å²) in [6.45, 7) is 4.57. The third-order valence-electron chi connectivity index (χ3n) is 3.19. The Balaban J connectivity index is 2.20. The van der Waals surface area contributed by atoms with E-state index in [2.05, 4.69) is 15.3 Å². The van der Waals surface area contributed by atoms with E-state index < -0.39 is 4.92 Å². The molecule has 0 saturated carbocycles. The maximum Gasteiger partial charge on any atom is 0.329 e. The molecular weight excluding hydrogens is 292 g/mol. The molecule has 2 rings (SSSR count). The Morgan fingerprint density at radius 1 is 1.33 bits per heavy atom. The van der Waals surface area contributed by atoms with Crippen LogP contribution in [0.15, 0.2) is 36.5 Å². The van der Waals surface area contributed by atoms with Crippen molar-refractivity contribution in [2.75, 3.05) is 11.9 Å².